The first kappa shape index (κ1) is 27.6. The summed E-state index contributed by atoms with van der Waals surface area (Å²) in [6, 6.07) is 10.7. The average molecular weight is 571 g/mol. The molecule has 5 rings (SSSR count). The first-order valence-corrected chi connectivity index (χ1v) is 13.9. The molecule has 0 unspecified atom stereocenters. The molecule has 0 saturated carbocycles. The van der Waals surface area contributed by atoms with Crippen LogP contribution in [0.4, 0.5) is 0 Å². The molecule has 0 saturated heterocycles. The van der Waals surface area contributed by atoms with Gasteiger partial charge in [0.05, 0.1) is 24.7 Å². The summed E-state index contributed by atoms with van der Waals surface area (Å²) in [5.74, 6) is 3.35. The van der Waals surface area contributed by atoms with E-state index in [9.17, 15) is 0 Å². The van der Waals surface area contributed by atoms with E-state index in [1.54, 1.807) is 7.11 Å². The molecule has 200 valence electrons. The van der Waals surface area contributed by atoms with Crippen LogP contribution in [-0.4, -0.2) is 20.5 Å². The van der Waals surface area contributed by atoms with Crippen molar-refractivity contribution in [3.8, 4) is 34.3 Å². The van der Waals surface area contributed by atoms with Crippen molar-refractivity contribution in [2.45, 2.75) is 84.1 Å². The highest BCUT2D eigenvalue weighted by Crippen LogP contribution is 2.41. The molecule has 0 spiro atoms. The van der Waals surface area contributed by atoms with E-state index in [0.29, 0.717) is 6.79 Å². The number of fused-ring (bicyclic) bond motifs is 5. The molecule has 6 heteroatoms. The van der Waals surface area contributed by atoms with Crippen molar-refractivity contribution in [2.24, 2.45) is 0 Å². The number of benzene rings is 2. The van der Waals surface area contributed by atoms with Gasteiger partial charge in [-0.15, -0.1) is 0 Å². The fourth-order valence-electron chi connectivity index (χ4n) is 5.47. The van der Waals surface area contributed by atoms with Crippen molar-refractivity contribution in [1.29, 1.82) is 0 Å². The number of ether oxygens (including phenoxy) is 4. The lowest BCUT2D eigenvalue weighted by Gasteiger charge is -2.18. The van der Waals surface area contributed by atoms with E-state index < -0.39 is 0 Å². The molecular weight excluding hydrogens is 530 g/mol. The van der Waals surface area contributed by atoms with Crippen LogP contribution in [0.15, 0.2) is 36.5 Å². The minimum Gasteiger partial charge on any atom is -1.00 e. The van der Waals surface area contributed by atoms with E-state index in [4.69, 9.17) is 18.9 Å². The molecule has 2 aliphatic rings. The zero-order valence-electron chi connectivity index (χ0n) is 22.3. The Kier molecular flexibility index (Phi) is 9.95. The third-order valence-corrected chi connectivity index (χ3v) is 7.54. The van der Waals surface area contributed by atoms with Crippen LogP contribution in [0.3, 0.4) is 0 Å². The Labute approximate surface area is 231 Å². The molecule has 2 aliphatic heterocycles. The Morgan fingerprint density at radius 1 is 0.865 bits per heavy atom. The van der Waals surface area contributed by atoms with Gasteiger partial charge in [-0.3, -0.25) is 0 Å². The Hall–Kier alpha value is -2.47. The third kappa shape index (κ3) is 6.34. The lowest BCUT2D eigenvalue weighted by molar-refractivity contribution is -0.686. The largest absolute Gasteiger partial charge is 1.00 e. The van der Waals surface area contributed by atoms with E-state index in [1.807, 2.05) is 6.07 Å². The Morgan fingerprint density at radius 3 is 2.30 bits per heavy atom. The zero-order chi connectivity index (χ0) is 24.7. The highest BCUT2D eigenvalue weighted by Gasteiger charge is 2.28. The number of halogens is 1. The number of methoxy groups -OCH3 is 1. The summed E-state index contributed by atoms with van der Waals surface area (Å²) in [5, 5.41) is 2.26. The van der Waals surface area contributed by atoms with Crippen molar-refractivity contribution in [1.82, 2.24) is 0 Å². The van der Waals surface area contributed by atoms with Gasteiger partial charge in [0.15, 0.2) is 35.7 Å². The van der Waals surface area contributed by atoms with Crippen molar-refractivity contribution in [2.75, 3.05) is 20.5 Å². The fourth-order valence-corrected chi connectivity index (χ4v) is 5.47. The Balaban J connectivity index is 0.00000320. The molecule has 0 amide bonds. The quantitative estimate of drug-likeness (QED) is 0.226. The van der Waals surface area contributed by atoms with Gasteiger partial charge in [-0.1, -0.05) is 64.7 Å². The number of hydrogen-bond acceptors (Lipinski definition) is 4. The molecule has 5 nitrogen and oxygen atoms in total. The van der Waals surface area contributed by atoms with E-state index in [0.717, 1.165) is 59.8 Å². The molecule has 0 atom stereocenters. The topological polar surface area (TPSA) is 40.8 Å². The number of pyridine rings is 1. The third-order valence-electron chi connectivity index (χ3n) is 7.54. The molecule has 0 radical (unpaired) electrons. The number of unbranched alkanes of at least 4 members (excludes halogenated alkanes) is 9. The number of hydrogen-bond donors (Lipinski definition) is 0. The zero-order valence-corrected chi connectivity index (χ0v) is 23.9. The van der Waals surface area contributed by atoms with E-state index in [-0.39, 0.29) is 17.0 Å². The minimum atomic E-state index is 0. The average Bonchev–Trinajstić information content (AvgIpc) is 3.37. The number of aromatic nitrogens is 1. The summed E-state index contributed by atoms with van der Waals surface area (Å²) < 4.78 is 25.6. The van der Waals surface area contributed by atoms with Gasteiger partial charge in [-0.25, -0.2) is 0 Å². The van der Waals surface area contributed by atoms with Gasteiger partial charge in [-0.2, -0.15) is 4.57 Å². The monoisotopic (exact) mass is 569 g/mol. The predicted octanol–water partition coefficient (Wildman–Crippen LogP) is 4.39. The van der Waals surface area contributed by atoms with E-state index >= 15 is 0 Å². The van der Waals surface area contributed by atoms with Gasteiger partial charge in [0.25, 0.3) is 0 Å². The number of rotatable bonds is 13. The molecule has 1 aromatic heterocycles. The summed E-state index contributed by atoms with van der Waals surface area (Å²) in [6.45, 7) is 4.22. The molecule has 37 heavy (non-hydrogen) atoms. The Morgan fingerprint density at radius 2 is 1.57 bits per heavy atom. The molecule has 2 aromatic carbocycles. The maximum atomic E-state index is 6.36. The van der Waals surface area contributed by atoms with Crippen molar-refractivity contribution < 1.29 is 40.5 Å². The van der Waals surface area contributed by atoms with Crippen LogP contribution in [0.2, 0.25) is 0 Å². The second kappa shape index (κ2) is 13.4. The number of aryl methyl sites for hydroxylation is 2. The highest BCUT2D eigenvalue weighted by atomic mass is 79.9. The lowest BCUT2D eigenvalue weighted by Crippen LogP contribution is -3.00. The van der Waals surface area contributed by atoms with Gasteiger partial charge in [0.1, 0.15) is 0 Å². The lowest BCUT2D eigenvalue weighted by atomic mass is 9.95. The standard InChI is InChI=1S/C31H40NO4.BrH/c1-3-4-5-6-7-8-9-10-11-12-17-34-31-26-21-32-16-15-24-19-29-30(36-22-35-29)20-25(24)27(32)18-23(26)13-14-28(31)33-2;/h13-14,18-21H,3-12,15-17,22H2,1-2H3;1H/q+1;/p-1. The summed E-state index contributed by atoms with van der Waals surface area (Å²) in [7, 11) is 1.72. The number of nitrogens with zero attached hydrogens (tertiary/aromatic N) is 1. The predicted molar refractivity (Wildman–Crippen MR) is 143 cm³/mol. The van der Waals surface area contributed by atoms with Gasteiger partial charge >= 0.3 is 0 Å². The minimum absolute atomic E-state index is 0. The van der Waals surface area contributed by atoms with Gasteiger partial charge < -0.3 is 35.9 Å². The van der Waals surface area contributed by atoms with Gasteiger partial charge in [0, 0.05) is 12.5 Å². The molecule has 0 bridgehead atoms. The fraction of sp³-hybridized carbons (Fsp3) is 0.516. The van der Waals surface area contributed by atoms with Crippen LogP contribution in [-0.2, 0) is 13.0 Å². The van der Waals surface area contributed by atoms with E-state index in [1.165, 1.54) is 74.6 Å². The highest BCUT2D eigenvalue weighted by molar-refractivity contribution is 5.91. The second-order valence-corrected chi connectivity index (χ2v) is 10.1. The first-order chi connectivity index (χ1) is 17.8. The van der Waals surface area contributed by atoms with Gasteiger partial charge in [-0.05, 0) is 41.6 Å². The smallest absolute Gasteiger partial charge is 0.231 e. The first-order valence-electron chi connectivity index (χ1n) is 13.9. The normalized spacial score (nSPS) is 13.1. The summed E-state index contributed by atoms with van der Waals surface area (Å²) >= 11 is 0. The SMILES string of the molecule is CCCCCCCCCCCCOc1c(OC)ccc2cc3[n+](cc12)CCc1cc2c(cc1-3)OCO2.[Br-]. The summed E-state index contributed by atoms with van der Waals surface area (Å²) in [5.41, 5.74) is 3.73. The van der Waals surface area contributed by atoms with Crippen LogP contribution in [0.25, 0.3) is 22.0 Å². The second-order valence-electron chi connectivity index (χ2n) is 10.1. The summed E-state index contributed by atoms with van der Waals surface area (Å²) in [6.07, 6.45) is 16.4. The Bertz CT molecular complexity index is 1200. The molecular formula is C31H40BrNO4. The maximum absolute atomic E-state index is 6.36. The molecule has 0 aliphatic carbocycles. The van der Waals surface area contributed by atoms with Crippen molar-refractivity contribution in [3.63, 3.8) is 0 Å². The van der Waals surface area contributed by atoms with Crippen LogP contribution in [0.1, 0.15) is 76.7 Å². The molecule has 3 aromatic rings. The molecule has 3 heterocycles. The maximum Gasteiger partial charge on any atom is 0.231 e. The van der Waals surface area contributed by atoms with Crippen molar-refractivity contribution >= 4 is 10.8 Å². The van der Waals surface area contributed by atoms with E-state index in [2.05, 4.69) is 42.0 Å². The molecule has 0 N–H and O–H groups in total. The molecule has 0 fully saturated rings. The van der Waals surface area contributed by atoms with Crippen LogP contribution < -0.4 is 40.5 Å². The van der Waals surface area contributed by atoms with Crippen LogP contribution in [0.5, 0.6) is 23.0 Å². The van der Waals surface area contributed by atoms with Crippen LogP contribution >= 0.6 is 0 Å². The summed E-state index contributed by atoms with van der Waals surface area (Å²) in [4.78, 5) is 0. The van der Waals surface area contributed by atoms with Gasteiger partial charge in [0.2, 0.25) is 12.5 Å². The van der Waals surface area contributed by atoms with Crippen LogP contribution in [0, 0.1) is 0 Å². The van der Waals surface area contributed by atoms with Crippen molar-refractivity contribution in [3.05, 3.63) is 42.1 Å².